The van der Waals surface area contributed by atoms with Crippen LogP contribution in [0.2, 0.25) is 0 Å². The Morgan fingerprint density at radius 2 is 1.94 bits per heavy atom. The Bertz CT molecular complexity index is 1270. The van der Waals surface area contributed by atoms with Gasteiger partial charge in [0, 0.05) is 6.20 Å². The summed E-state index contributed by atoms with van der Waals surface area (Å²) in [6.45, 7) is 5.01. The molecule has 0 aliphatic carbocycles. The normalized spacial score (nSPS) is 18.2. The van der Waals surface area contributed by atoms with Crippen molar-refractivity contribution in [2.75, 3.05) is 11.1 Å². The molecule has 3 N–H and O–H groups in total. The van der Waals surface area contributed by atoms with Crippen LogP contribution in [0.15, 0.2) is 36.7 Å². The Morgan fingerprint density at radius 1 is 1.21 bits per heavy atom. The number of hydrogen-bond donors (Lipinski definition) is 2. The molecule has 0 bridgehead atoms. The molecule has 2 atom stereocenters. The van der Waals surface area contributed by atoms with E-state index < -0.39 is 23.6 Å². The minimum Gasteiger partial charge on any atom is -0.383 e. The molecule has 1 amide bonds. The number of benzene rings is 1. The Hall–Kier alpha value is -3.69. The minimum atomic E-state index is -4.46. The van der Waals surface area contributed by atoms with Gasteiger partial charge in [0.2, 0.25) is 0 Å². The van der Waals surface area contributed by atoms with Gasteiger partial charge in [0.05, 0.1) is 35.0 Å². The van der Waals surface area contributed by atoms with Crippen LogP contribution in [0.4, 0.5) is 24.7 Å². The summed E-state index contributed by atoms with van der Waals surface area (Å²) in [6, 6.07) is 5.13. The first-order valence-electron chi connectivity index (χ1n) is 10.3. The first-order valence-corrected chi connectivity index (χ1v) is 10.3. The van der Waals surface area contributed by atoms with Gasteiger partial charge in [0.15, 0.2) is 5.78 Å². The van der Waals surface area contributed by atoms with E-state index in [9.17, 15) is 22.8 Å². The lowest BCUT2D eigenvalue weighted by Crippen LogP contribution is -2.29. The summed E-state index contributed by atoms with van der Waals surface area (Å²) in [5, 5.41) is 6.94. The highest BCUT2D eigenvalue weighted by molar-refractivity contribution is 6.12. The van der Waals surface area contributed by atoms with Gasteiger partial charge in [-0.15, -0.1) is 0 Å². The molecule has 3 aromatic rings. The molecule has 0 radical (unpaired) electrons. The largest absolute Gasteiger partial charge is 0.416 e. The monoisotopic (exact) mass is 457 g/mol. The molecule has 3 heterocycles. The number of nitrogens with one attached hydrogen (secondary N) is 1. The van der Waals surface area contributed by atoms with Crippen LogP contribution >= 0.6 is 0 Å². The molecular weight excluding hydrogens is 435 g/mol. The molecule has 7 nitrogen and oxygen atoms in total. The van der Waals surface area contributed by atoms with Gasteiger partial charge < -0.3 is 11.1 Å². The standard InChI is InChI=1S/C23H22F3N5O2/c1-11-6-16(21(27)28-9-11)22(33)30-18-10-29-31-13(3)8-15(20(32)19(18)31)14-4-5-17(12(2)7-14)23(24,25)26/h4-7,9-10,13,15H,8H2,1-3H3,(H2,27,28)(H,30,33)/t13-,15?/m0/s1. The summed E-state index contributed by atoms with van der Waals surface area (Å²) in [7, 11) is 0. The van der Waals surface area contributed by atoms with E-state index >= 15 is 0 Å². The average molecular weight is 457 g/mol. The van der Waals surface area contributed by atoms with Gasteiger partial charge in [-0.2, -0.15) is 18.3 Å². The number of Topliss-reactive ketones (excluding diaryl/α,β-unsaturated/α-hetero) is 1. The highest BCUT2D eigenvalue weighted by Gasteiger charge is 2.38. The Morgan fingerprint density at radius 3 is 2.61 bits per heavy atom. The summed E-state index contributed by atoms with van der Waals surface area (Å²) < 4.78 is 41.0. The van der Waals surface area contributed by atoms with Gasteiger partial charge in [-0.25, -0.2) is 4.98 Å². The number of alkyl halides is 3. The van der Waals surface area contributed by atoms with E-state index in [4.69, 9.17) is 5.73 Å². The number of nitrogens with zero attached hydrogens (tertiary/aromatic N) is 3. The van der Waals surface area contributed by atoms with Gasteiger partial charge in [0.1, 0.15) is 11.5 Å². The van der Waals surface area contributed by atoms with Crippen LogP contribution in [-0.4, -0.2) is 26.5 Å². The van der Waals surface area contributed by atoms with Crippen LogP contribution in [0.5, 0.6) is 0 Å². The van der Waals surface area contributed by atoms with Crippen molar-refractivity contribution >= 4 is 23.2 Å². The summed E-state index contributed by atoms with van der Waals surface area (Å²) >= 11 is 0. The fraction of sp³-hybridized carbons (Fsp3) is 0.304. The summed E-state index contributed by atoms with van der Waals surface area (Å²) in [5.41, 5.74) is 6.96. The Labute approximate surface area is 187 Å². The van der Waals surface area contributed by atoms with Crippen molar-refractivity contribution in [3.63, 3.8) is 0 Å². The van der Waals surface area contributed by atoms with Crippen LogP contribution in [0.25, 0.3) is 0 Å². The number of anilines is 2. The van der Waals surface area contributed by atoms with E-state index in [2.05, 4.69) is 15.4 Å². The third-order valence-electron chi connectivity index (χ3n) is 5.85. The number of ketones is 1. The summed E-state index contributed by atoms with van der Waals surface area (Å²) in [5.74, 6) is -1.47. The first-order chi connectivity index (χ1) is 15.5. The van der Waals surface area contributed by atoms with Crippen molar-refractivity contribution in [2.45, 2.75) is 45.3 Å². The fourth-order valence-electron chi connectivity index (χ4n) is 4.21. The van der Waals surface area contributed by atoms with Gasteiger partial charge in [0.25, 0.3) is 5.91 Å². The van der Waals surface area contributed by atoms with Crippen LogP contribution < -0.4 is 11.1 Å². The van der Waals surface area contributed by atoms with E-state index in [0.29, 0.717) is 12.0 Å². The number of aryl methyl sites for hydroxylation is 2. The lowest BCUT2D eigenvalue weighted by molar-refractivity contribution is -0.138. The van der Waals surface area contributed by atoms with E-state index in [1.54, 1.807) is 13.0 Å². The van der Waals surface area contributed by atoms with Gasteiger partial charge >= 0.3 is 6.18 Å². The maximum atomic E-state index is 13.4. The molecule has 0 saturated carbocycles. The molecule has 10 heteroatoms. The van der Waals surface area contributed by atoms with Crippen molar-refractivity contribution in [3.05, 3.63) is 70.2 Å². The Balaban J connectivity index is 1.67. The molecule has 0 fully saturated rings. The number of aromatic nitrogens is 3. The maximum Gasteiger partial charge on any atom is 0.416 e. The molecule has 4 rings (SSSR count). The maximum absolute atomic E-state index is 13.4. The van der Waals surface area contributed by atoms with E-state index in [-0.39, 0.29) is 40.2 Å². The van der Waals surface area contributed by atoms with Crippen molar-refractivity contribution in [1.82, 2.24) is 14.8 Å². The van der Waals surface area contributed by atoms with Crippen molar-refractivity contribution < 1.29 is 22.8 Å². The van der Waals surface area contributed by atoms with Crippen LogP contribution in [-0.2, 0) is 6.18 Å². The van der Waals surface area contributed by atoms with E-state index in [0.717, 1.165) is 11.6 Å². The number of amides is 1. The topological polar surface area (TPSA) is 103 Å². The number of pyridine rings is 1. The molecule has 0 saturated heterocycles. The second-order valence-corrected chi connectivity index (χ2v) is 8.32. The van der Waals surface area contributed by atoms with Gasteiger partial charge in [-0.3, -0.25) is 14.3 Å². The lowest BCUT2D eigenvalue weighted by Gasteiger charge is -2.28. The minimum absolute atomic E-state index is 0.0514. The predicted octanol–water partition coefficient (Wildman–Crippen LogP) is 4.68. The second kappa shape index (κ2) is 8.02. The van der Waals surface area contributed by atoms with Crippen LogP contribution in [0.1, 0.15) is 68.4 Å². The lowest BCUT2D eigenvalue weighted by atomic mass is 9.83. The number of nitrogen functional groups attached to an aromatic ring is 1. The highest BCUT2D eigenvalue weighted by Crippen LogP contribution is 2.40. The molecule has 1 aliphatic rings. The third kappa shape index (κ3) is 4.08. The number of fused-ring (bicyclic) bond motifs is 1. The van der Waals surface area contributed by atoms with Crippen LogP contribution in [0.3, 0.4) is 0 Å². The molecule has 1 unspecified atom stereocenters. The van der Waals surface area contributed by atoms with Crippen molar-refractivity contribution in [3.8, 4) is 0 Å². The summed E-state index contributed by atoms with van der Waals surface area (Å²) in [4.78, 5) is 30.2. The predicted molar refractivity (Wildman–Crippen MR) is 116 cm³/mol. The molecule has 2 aromatic heterocycles. The van der Waals surface area contributed by atoms with Crippen molar-refractivity contribution in [1.29, 1.82) is 0 Å². The molecular formula is C23H22F3N5O2. The van der Waals surface area contributed by atoms with Crippen molar-refractivity contribution in [2.24, 2.45) is 0 Å². The van der Waals surface area contributed by atoms with E-state index in [1.165, 1.54) is 36.1 Å². The number of carbonyl (C=O) groups excluding carboxylic acids is 2. The quantitative estimate of drug-likeness (QED) is 0.595. The smallest absolute Gasteiger partial charge is 0.383 e. The van der Waals surface area contributed by atoms with Gasteiger partial charge in [-0.1, -0.05) is 12.1 Å². The molecule has 172 valence electrons. The second-order valence-electron chi connectivity index (χ2n) is 8.32. The SMILES string of the molecule is Cc1cnc(N)c(C(=O)Nc2cnn3c2C(=O)C(c2ccc(C(F)(F)F)c(C)c2)C[C@@H]3C)c1. The average Bonchev–Trinajstić information content (AvgIpc) is 3.15. The zero-order valence-electron chi connectivity index (χ0n) is 18.2. The molecule has 1 aromatic carbocycles. The van der Waals surface area contributed by atoms with Crippen LogP contribution in [0, 0.1) is 13.8 Å². The molecule has 0 spiro atoms. The number of hydrogen-bond acceptors (Lipinski definition) is 5. The van der Waals surface area contributed by atoms with E-state index in [1.807, 2.05) is 6.92 Å². The number of rotatable bonds is 3. The van der Waals surface area contributed by atoms with Gasteiger partial charge in [-0.05, 0) is 56.0 Å². The molecule has 33 heavy (non-hydrogen) atoms. The number of halogens is 3. The Kier molecular flexibility index (Phi) is 5.47. The first kappa shape index (κ1) is 22.5. The zero-order chi connectivity index (χ0) is 24.1. The zero-order valence-corrected chi connectivity index (χ0v) is 18.2. The molecule has 1 aliphatic heterocycles. The number of carbonyl (C=O) groups is 2. The fourth-order valence-corrected chi connectivity index (χ4v) is 4.21. The summed E-state index contributed by atoms with van der Waals surface area (Å²) in [6.07, 6.45) is -1.16. The number of nitrogens with two attached hydrogens (primary N) is 1. The highest BCUT2D eigenvalue weighted by atomic mass is 19.4. The third-order valence-corrected chi connectivity index (χ3v) is 5.85.